The van der Waals surface area contributed by atoms with Gasteiger partial charge in [-0.15, -0.1) is 11.8 Å². The van der Waals surface area contributed by atoms with Gasteiger partial charge in [-0.2, -0.15) is 18.8 Å². The van der Waals surface area contributed by atoms with E-state index in [1.165, 1.54) is 17.8 Å². The molecule has 2 heterocycles. The number of amides is 1. The van der Waals surface area contributed by atoms with Crippen molar-refractivity contribution in [2.45, 2.75) is 25.5 Å². The molecule has 4 N–H and O–H groups in total. The Morgan fingerprint density at radius 1 is 1.38 bits per heavy atom. The van der Waals surface area contributed by atoms with Crippen LogP contribution in [0.4, 0.5) is 10.1 Å². The van der Waals surface area contributed by atoms with Crippen molar-refractivity contribution in [3.05, 3.63) is 43.0 Å². The molecule has 0 aliphatic carbocycles. The maximum Gasteiger partial charge on any atom is 2.00 e. The Morgan fingerprint density at radius 2 is 2.07 bits per heavy atom. The van der Waals surface area contributed by atoms with Crippen molar-refractivity contribution in [3.63, 3.8) is 0 Å². The molecule has 2 saturated heterocycles. The Morgan fingerprint density at radius 3 is 2.69 bits per heavy atom. The van der Waals surface area contributed by atoms with Crippen LogP contribution in [0.25, 0.3) is 0 Å². The summed E-state index contributed by atoms with van der Waals surface area (Å²) < 4.78 is 13.9. The zero-order valence-electron chi connectivity index (χ0n) is 16.8. The molecule has 9 heteroatoms. The third kappa shape index (κ3) is 6.38. The van der Waals surface area contributed by atoms with Crippen LogP contribution in [0.15, 0.2) is 24.3 Å². The second-order valence-corrected chi connectivity index (χ2v) is 8.40. The number of carbonyl (C=O) groups excluding carboxylic acids is 1. The average Bonchev–Trinajstić information content (AvgIpc) is 2.72. The number of nitrogens with zero attached hydrogens (tertiary/aromatic N) is 2. The van der Waals surface area contributed by atoms with E-state index in [0.717, 1.165) is 0 Å². The van der Waals surface area contributed by atoms with Gasteiger partial charge in [0.2, 0.25) is 5.91 Å². The van der Waals surface area contributed by atoms with Gasteiger partial charge in [0.05, 0.1) is 16.9 Å². The molecule has 162 valence electrons. The molecule has 3 rings (SSSR count). The van der Waals surface area contributed by atoms with Crippen LogP contribution in [0.2, 0.25) is 0 Å². The first-order valence-electron chi connectivity index (χ1n) is 9.79. The summed E-state index contributed by atoms with van der Waals surface area (Å²) in [7, 11) is 0. The van der Waals surface area contributed by atoms with E-state index in [4.69, 9.17) is 5.73 Å². The zero-order chi connectivity index (χ0) is 20.1. The number of thioether (sulfide) groups is 1. The fourth-order valence-corrected chi connectivity index (χ4v) is 4.50. The van der Waals surface area contributed by atoms with E-state index in [-0.39, 0.29) is 49.1 Å². The normalized spacial score (nSPS) is 26.0. The van der Waals surface area contributed by atoms with Crippen LogP contribution >= 0.6 is 11.8 Å². The fourth-order valence-electron chi connectivity index (χ4n) is 3.58. The molecule has 1 aromatic rings. The molecule has 2 fully saturated rings. The molecule has 2 aliphatic rings. The topological polar surface area (TPSA) is 73.6 Å². The van der Waals surface area contributed by atoms with Gasteiger partial charge in [-0.05, 0) is 12.1 Å². The van der Waals surface area contributed by atoms with E-state index >= 15 is 0 Å². The summed E-state index contributed by atoms with van der Waals surface area (Å²) in [6, 6.07) is 6.78. The number of nitrogens with two attached hydrogens (primary N) is 1. The van der Waals surface area contributed by atoms with E-state index in [1.807, 2.05) is 29.3 Å². The van der Waals surface area contributed by atoms with Crippen LogP contribution in [-0.2, 0) is 24.6 Å². The number of piperazine rings is 1. The van der Waals surface area contributed by atoms with Gasteiger partial charge in [0.15, 0.2) is 0 Å². The van der Waals surface area contributed by atoms with Crippen LogP contribution in [0.5, 0.6) is 0 Å². The number of rotatable bonds is 6. The monoisotopic (exact) mass is 599 g/mol. The second-order valence-electron chi connectivity index (χ2n) is 7.31. The Bertz CT molecular complexity index is 662. The minimum Gasteiger partial charge on any atom is -0.446 e. The number of hydrogen-bond donors (Lipinski definition) is 3. The predicted molar refractivity (Wildman–Crippen MR) is 113 cm³/mol. The molecule has 0 aromatic heterocycles. The van der Waals surface area contributed by atoms with Crippen molar-refractivity contribution >= 4 is 23.4 Å². The SMILES string of the molecule is C[CH-]C(C)C1[CH-]NC(SCC(=O)N2CCN(c3ccccc3F)CC2)NC1N.[Os+2]. The zero-order valence-corrected chi connectivity index (χ0v) is 20.2. The average molecular weight is 598 g/mol. The first-order valence-corrected chi connectivity index (χ1v) is 10.8. The number of benzene rings is 1. The number of nitrogens with one attached hydrogen (secondary N) is 2. The molecule has 4 unspecified atom stereocenters. The van der Waals surface area contributed by atoms with E-state index in [0.29, 0.717) is 43.5 Å². The Balaban J connectivity index is 0.00000300. The van der Waals surface area contributed by atoms with Gasteiger partial charge in [0.25, 0.3) is 0 Å². The summed E-state index contributed by atoms with van der Waals surface area (Å²) in [4.78, 5) is 16.4. The second kappa shape index (κ2) is 11.6. The molecule has 0 saturated carbocycles. The molecular formula is C20H30FN5OOsS. The van der Waals surface area contributed by atoms with E-state index in [9.17, 15) is 9.18 Å². The largest absolute Gasteiger partial charge is 2.00 e. The number of hydrogen-bond acceptors (Lipinski definition) is 6. The Labute approximate surface area is 190 Å². The molecule has 6 nitrogen and oxygen atoms in total. The summed E-state index contributed by atoms with van der Waals surface area (Å²) in [5.41, 5.74) is 6.77. The first-order chi connectivity index (χ1) is 13.5. The van der Waals surface area contributed by atoms with Gasteiger partial charge < -0.3 is 27.3 Å². The summed E-state index contributed by atoms with van der Waals surface area (Å²) in [6.45, 7) is 8.72. The van der Waals surface area contributed by atoms with Crippen LogP contribution in [-0.4, -0.2) is 54.4 Å². The summed E-state index contributed by atoms with van der Waals surface area (Å²) in [5.74, 6) is 0.878. The van der Waals surface area contributed by atoms with Gasteiger partial charge in [-0.1, -0.05) is 19.1 Å². The van der Waals surface area contributed by atoms with Crippen LogP contribution in [0.3, 0.4) is 0 Å². The van der Waals surface area contributed by atoms with Crippen molar-refractivity contribution in [2.24, 2.45) is 17.6 Å². The minimum atomic E-state index is -0.215. The van der Waals surface area contributed by atoms with Crippen molar-refractivity contribution in [1.82, 2.24) is 15.5 Å². The number of anilines is 1. The molecule has 0 spiro atoms. The minimum absolute atomic E-state index is 0. The molecular weight excluding hydrogens is 568 g/mol. The number of para-hydroxylation sites is 1. The van der Waals surface area contributed by atoms with E-state index in [1.54, 1.807) is 12.1 Å². The molecule has 1 aromatic carbocycles. The van der Waals surface area contributed by atoms with Crippen LogP contribution < -0.4 is 21.3 Å². The number of carbonyl (C=O) groups is 1. The predicted octanol–water partition coefficient (Wildman–Crippen LogP) is 1.60. The third-order valence-corrected chi connectivity index (χ3v) is 6.55. The van der Waals surface area contributed by atoms with Crippen molar-refractivity contribution < 1.29 is 29.0 Å². The fraction of sp³-hybridized carbons (Fsp3) is 0.550. The van der Waals surface area contributed by atoms with Gasteiger partial charge in [-0.25, -0.2) is 4.39 Å². The first kappa shape index (κ1) is 24.6. The van der Waals surface area contributed by atoms with Crippen LogP contribution in [0, 0.1) is 30.6 Å². The van der Waals surface area contributed by atoms with E-state index < -0.39 is 0 Å². The van der Waals surface area contributed by atoms with Crippen molar-refractivity contribution in [3.8, 4) is 0 Å². The van der Waals surface area contributed by atoms with Gasteiger partial charge in [0.1, 0.15) is 5.82 Å². The quantitative estimate of drug-likeness (QED) is 0.433. The summed E-state index contributed by atoms with van der Waals surface area (Å²) >= 11 is 1.52. The maximum absolute atomic E-state index is 13.9. The van der Waals surface area contributed by atoms with Crippen molar-refractivity contribution in [2.75, 3.05) is 36.8 Å². The third-order valence-electron chi connectivity index (χ3n) is 5.53. The number of halogens is 1. The van der Waals surface area contributed by atoms with Gasteiger partial charge >= 0.3 is 19.8 Å². The van der Waals surface area contributed by atoms with E-state index in [2.05, 4.69) is 24.0 Å². The molecule has 0 radical (unpaired) electrons. The summed E-state index contributed by atoms with van der Waals surface area (Å²) in [6.07, 6.45) is 2.01. The smallest absolute Gasteiger partial charge is 0.446 e. The molecule has 0 bridgehead atoms. The van der Waals surface area contributed by atoms with Gasteiger partial charge in [-0.3, -0.25) is 16.7 Å². The van der Waals surface area contributed by atoms with Gasteiger partial charge in [0, 0.05) is 32.3 Å². The van der Waals surface area contributed by atoms with Crippen LogP contribution in [0.1, 0.15) is 13.8 Å². The maximum atomic E-state index is 13.9. The standard InChI is InChI=1S/C20H30FN5OS.Os/c1-3-14(2)15-12-23-20(24-19(15)22)28-13-18(27)26-10-8-25(9-11-26)17-7-5-4-6-16(17)21;/h3-7,12,14-15,19-20,23-24H,8-11,13,22H2,1-2H3;/q-2;+2. The molecule has 29 heavy (non-hydrogen) atoms. The van der Waals surface area contributed by atoms with Crippen molar-refractivity contribution in [1.29, 1.82) is 0 Å². The molecule has 1 amide bonds. The Kier molecular flexibility index (Phi) is 9.84. The molecule has 4 atom stereocenters. The summed E-state index contributed by atoms with van der Waals surface area (Å²) in [5, 5.41) is 6.65. The molecule has 2 aliphatic heterocycles. The Hall–Kier alpha value is -0.714.